The van der Waals surface area contributed by atoms with Gasteiger partial charge in [0.15, 0.2) is 0 Å². The summed E-state index contributed by atoms with van der Waals surface area (Å²) in [5.41, 5.74) is 1.14. The molecular weight excluding hydrogens is 240 g/mol. The Morgan fingerprint density at radius 2 is 2.19 bits per heavy atom. The van der Waals surface area contributed by atoms with Crippen molar-refractivity contribution in [2.75, 3.05) is 0 Å². The second-order valence-corrected chi connectivity index (χ2v) is 5.70. The molecule has 16 heavy (non-hydrogen) atoms. The molecule has 2 heterocycles. The van der Waals surface area contributed by atoms with Gasteiger partial charge in [0.2, 0.25) is 0 Å². The SMILES string of the molecule is Cc1ccc(C2Cc3c(Cl)cccc3O2)s1. The predicted molar refractivity (Wildman–Crippen MR) is 67.6 cm³/mol. The van der Waals surface area contributed by atoms with Crippen LogP contribution in [0.25, 0.3) is 0 Å². The third kappa shape index (κ3) is 1.62. The molecule has 3 heteroatoms. The Hall–Kier alpha value is -0.990. The van der Waals surface area contributed by atoms with Gasteiger partial charge in [-0.1, -0.05) is 17.7 Å². The van der Waals surface area contributed by atoms with Crippen molar-refractivity contribution in [3.05, 3.63) is 50.7 Å². The van der Waals surface area contributed by atoms with Gasteiger partial charge >= 0.3 is 0 Å². The van der Waals surface area contributed by atoms with Crippen LogP contribution in [-0.4, -0.2) is 0 Å². The van der Waals surface area contributed by atoms with E-state index in [2.05, 4.69) is 19.1 Å². The molecule has 1 unspecified atom stereocenters. The lowest BCUT2D eigenvalue weighted by Gasteiger charge is -2.07. The van der Waals surface area contributed by atoms with Gasteiger partial charge in [0.25, 0.3) is 0 Å². The number of fused-ring (bicyclic) bond motifs is 1. The molecule has 0 fully saturated rings. The molecule has 0 bridgehead atoms. The Kier molecular flexibility index (Phi) is 2.41. The molecule has 82 valence electrons. The molecule has 1 aromatic carbocycles. The van der Waals surface area contributed by atoms with Crippen LogP contribution in [0, 0.1) is 6.92 Å². The van der Waals surface area contributed by atoms with Crippen molar-refractivity contribution < 1.29 is 4.74 Å². The standard InChI is InChI=1S/C13H11ClOS/c1-8-5-6-13(16-8)12-7-9-10(14)3-2-4-11(9)15-12/h2-6,12H,7H2,1H3. The monoisotopic (exact) mass is 250 g/mol. The number of hydrogen-bond donors (Lipinski definition) is 0. The van der Waals surface area contributed by atoms with Crippen molar-refractivity contribution in [2.45, 2.75) is 19.4 Å². The Morgan fingerprint density at radius 1 is 1.31 bits per heavy atom. The molecule has 1 atom stereocenters. The van der Waals surface area contributed by atoms with E-state index >= 15 is 0 Å². The summed E-state index contributed by atoms with van der Waals surface area (Å²) in [5, 5.41) is 0.813. The lowest BCUT2D eigenvalue weighted by molar-refractivity contribution is 0.243. The van der Waals surface area contributed by atoms with Gasteiger partial charge in [-0.05, 0) is 31.2 Å². The van der Waals surface area contributed by atoms with Crippen LogP contribution in [0.15, 0.2) is 30.3 Å². The number of hydrogen-bond acceptors (Lipinski definition) is 2. The zero-order valence-corrected chi connectivity index (χ0v) is 10.4. The summed E-state index contributed by atoms with van der Waals surface area (Å²) in [4.78, 5) is 2.60. The number of thiophene rings is 1. The Morgan fingerprint density at radius 3 is 2.88 bits per heavy atom. The van der Waals surface area contributed by atoms with E-state index in [0.29, 0.717) is 0 Å². The van der Waals surface area contributed by atoms with Crippen LogP contribution >= 0.6 is 22.9 Å². The van der Waals surface area contributed by atoms with Gasteiger partial charge in [-0.2, -0.15) is 0 Å². The first-order chi connectivity index (χ1) is 7.74. The Labute approximate surface area is 104 Å². The van der Waals surface area contributed by atoms with Gasteiger partial charge < -0.3 is 4.74 Å². The first kappa shape index (κ1) is 10.2. The fourth-order valence-electron chi connectivity index (χ4n) is 2.01. The highest BCUT2D eigenvalue weighted by atomic mass is 35.5. The predicted octanol–water partition coefficient (Wildman–Crippen LogP) is 4.39. The zero-order chi connectivity index (χ0) is 11.1. The summed E-state index contributed by atoms with van der Waals surface area (Å²) in [7, 11) is 0. The number of aryl methyl sites for hydroxylation is 1. The van der Waals surface area contributed by atoms with E-state index in [1.807, 2.05) is 18.2 Å². The molecule has 2 aromatic rings. The molecule has 0 aliphatic carbocycles. The second kappa shape index (κ2) is 3.79. The maximum Gasteiger partial charge on any atom is 0.137 e. The number of benzene rings is 1. The van der Waals surface area contributed by atoms with Gasteiger partial charge in [-0.25, -0.2) is 0 Å². The molecular formula is C13H11ClOS. The molecule has 1 aliphatic rings. The quantitative estimate of drug-likeness (QED) is 0.730. The van der Waals surface area contributed by atoms with E-state index in [1.54, 1.807) is 11.3 Å². The molecule has 1 aliphatic heterocycles. The first-order valence-corrected chi connectivity index (χ1v) is 6.44. The third-order valence-electron chi connectivity index (χ3n) is 2.81. The van der Waals surface area contributed by atoms with E-state index in [1.165, 1.54) is 9.75 Å². The summed E-state index contributed by atoms with van der Waals surface area (Å²) in [6, 6.07) is 10.1. The molecule has 1 nitrogen and oxygen atoms in total. The minimum atomic E-state index is 0.147. The maximum absolute atomic E-state index is 6.15. The molecule has 0 spiro atoms. The van der Waals surface area contributed by atoms with E-state index in [0.717, 1.165) is 22.8 Å². The molecule has 1 aromatic heterocycles. The lowest BCUT2D eigenvalue weighted by atomic mass is 10.1. The number of halogens is 1. The average molecular weight is 251 g/mol. The van der Waals surface area contributed by atoms with E-state index in [-0.39, 0.29) is 6.10 Å². The molecule has 0 amide bonds. The smallest absolute Gasteiger partial charge is 0.137 e. The van der Waals surface area contributed by atoms with Crippen molar-refractivity contribution in [1.82, 2.24) is 0 Å². The highest BCUT2D eigenvalue weighted by molar-refractivity contribution is 7.12. The van der Waals surface area contributed by atoms with Gasteiger partial charge in [0, 0.05) is 26.8 Å². The van der Waals surface area contributed by atoms with Gasteiger partial charge in [0.1, 0.15) is 11.9 Å². The normalized spacial score (nSPS) is 18.2. The first-order valence-electron chi connectivity index (χ1n) is 5.24. The molecule has 0 saturated carbocycles. The van der Waals surface area contributed by atoms with Crippen molar-refractivity contribution in [3.8, 4) is 5.75 Å². The summed E-state index contributed by atoms with van der Waals surface area (Å²) in [5.74, 6) is 0.934. The molecule has 0 N–H and O–H groups in total. The highest BCUT2D eigenvalue weighted by Gasteiger charge is 2.26. The molecule has 3 rings (SSSR count). The Bertz CT molecular complexity index is 532. The van der Waals surface area contributed by atoms with Crippen LogP contribution in [0.2, 0.25) is 5.02 Å². The summed E-state index contributed by atoms with van der Waals surface area (Å²) in [6.07, 6.45) is 1.03. The van der Waals surface area contributed by atoms with E-state index in [9.17, 15) is 0 Å². The minimum Gasteiger partial charge on any atom is -0.484 e. The Balaban J connectivity index is 1.93. The fourth-order valence-corrected chi connectivity index (χ4v) is 3.16. The number of ether oxygens (including phenoxy) is 1. The maximum atomic E-state index is 6.15. The topological polar surface area (TPSA) is 9.23 Å². The van der Waals surface area contributed by atoms with Gasteiger partial charge in [-0.15, -0.1) is 11.3 Å². The van der Waals surface area contributed by atoms with E-state index < -0.39 is 0 Å². The highest BCUT2D eigenvalue weighted by Crippen LogP contribution is 2.41. The largest absolute Gasteiger partial charge is 0.484 e. The summed E-state index contributed by atoms with van der Waals surface area (Å²) >= 11 is 7.94. The second-order valence-electron chi connectivity index (χ2n) is 3.98. The van der Waals surface area contributed by atoms with Crippen LogP contribution in [0.5, 0.6) is 5.75 Å². The van der Waals surface area contributed by atoms with Crippen LogP contribution in [0.1, 0.15) is 21.4 Å². The molecule has 0 saturated heterocycles. The number of rotatable bonds is 1. The lowest BCUT2D eigenvalue weighted by Crippen LogP contribution is -1.99. The van der Waals surface area contributed by atoms with Crippen LogP contribution in [-0.2, 0) is 6.42 Å². The average Bonchev–Trinajstić information content (AvgIpc) is 2.84. The van der Waals surface area contributed by atoms with Crippen LogP contribution in [0.4, 0.5) is 0 Å². The third-order valence-corrected chi connectivity index (χ3v) is 4.26. The van der Waals surface area contributed by atoms with Crippen molar-refractivity contribution in [1.29, 1.82) is 0 Å². The van der Waals surface area contributed by atoms with Gasteiger partial charge in [-0.3, -0.25) is 0 Å². The van der Waals surface area contributed by atoms with Crippen molar-refractivity contribution >= 4 is 22.9 Å². The summed E-state index contributed by atoms with van der Waals surface area (Å²) in [6.45, 7) is 2.11. The van der Waals surface area contributed by atoms with Crippen LogP contribution in [0.3, 0.4) is 0 Å². The van der Waals surface area contributed by atoms with Crippen molar-refractivity contribution in [3.63, 3.8) is 0 Å². The molecule has 0 radical (unpaired) electrons. The zero-order valence-electron chi connectivity index (χ0n) is 8.87. The van der Waals surface area contributed by atoms with Crippen LogP contribution < -0.4 is 4.74 Å². The van der Waals surface area contributed by atoms with Crippen molar-refractivity contribution in [2.24, 2.45) is 0 Å². The summed E-state index contributed by atoms with van der Waals surface area (Å²) < 4.78 is 5.91. The minimum absolute atomic E-state index is 0.147. The fraction of sp³-hybridized carbons (Fsp3) is 0.231. The van der Waals surface area contributed by atoms with Gasteiger partial charge in [0.05, 0.1) is 0 Å². The van der Waals surface area contributed by atoms with E-state index in [4.69, 9.17) is 16.3 Å².